The summed E-state index contributed by atoms with van der Waals surface area (Å²) in [6, 6.07) is -0.910. The molecule has 0 aromatic heterocycles. The average molecular weight is 316 g/mol. The third-order valence-electron chi connectivity index (χ3n) is 3.96. The van der Waals surface area contributed by atoms with Crippen LogP contribution in [0.1, 0.15) is 32.6 Å². The second-order valence-electron chi connectivity index (χ2n) is 5.64. The summed E-state index contributed by atoms with van der Waals surface area (Å²) in [7, 11) is 1.73. The van der Waals surface area contributed by atoms with Gasteiger partial charge in [-0.25, -0.2) is 9.59 Å². The molecule has 2 saturated heterocycles. The summed E-state index contributed by atoms with van der Waals surface area (Å²) in [5.74, 6) is -0.445. The van der Waals surface area contributed by atoms with Gasteiger partial charge in [0, 0.05) is 26.0 Å². The molecular weight excluding hydrogens is 292 g/mol. The van der Waals surface area contributed by atoms with Crippen LogP contribution in [0.2, 0.25) is 0 Å². The van der Waals surface area contributed by atoms with Gasteiger partial charge in [-0.1, -0.05) is 13.3 Å². The van der Waals surface area contributed by atoms with E-state index in [-0.39, 0.29) is 17.5 Å². The number of thioether (sulfide) groups is 1. The molecule has 3 unspecified atom stereocenters. The lowest BCUT2D eigenvalue weighted by Crippen LogP contribution is -2.51. The zero-order valence-corrected chi connectivity index (χ0v) is 13.5. The highest BCUT2D eigenvalue weighted by atomic mass is 32.2. The summed E-state index contributed by atoms with van der Waals surface area (Å²) in [5.41, 5.74) is 0. The minimum absolute atomic E-state index is 0.0319. The molecular formula is C14H24N2O4S. The third kappa shape index (κ3) is 3.83. The fourth-order valence-corrected chi connectivity index (χ4v) is 4.36. The van der Waals surface area contributed by atoms with Gasteiger partial charge >= 0.3 is 12.0 Å². The lowest BCUT2D eigenvalue weighted by atomic mass is 10.2. The van der Waals surface area contributed by atoms with E-state index in [1.54, 1.807) is 28.6 Å². The van der Waals surface area contributed by atoms with Gasteiger partial charge in [-0.05, 0) is 19.3 Å². The average Bonchev–Trinajstić information content (AvgIpc) is 3.07. The summed E-state index contributed by atoms with van der Waals surface area (Å²) in [5, 5.41) is 9.30. The Kier molecular flexibility index (Phi) is 5.75. The van der Waals surface area contributed by atoms with E-state index in [1.165, 1.54) is 0 Å². The molecule has 21 heavy (non-hydrogen) atoms. The minimum Gasteiger partial charge on any atom is -0.480 e. The van der Waals surface area contributed by atoms with Crippen LogP contribution in [0, 0.1) is 0 Å². The van der Waals surface area contributed by atoms with Crippen molar-refractivity contribution >= 4 is 23.8 Å². The summed E-state index contributed by atoms with van der Waals surface area (Å²) in [4.78, 5) is 27.2. The van der Waals surface area contributed by atoms with Gasteiger partial charge in [0.05, 0.1) is 11.5 Å². The number of urea groups is 1. The van der Waals surface area contributed by atoms with Crippen LogP contribution in [0.15, 0.2) is 0 Å². The SMILES string of the molecule is CCCC1SCC(C(=O)O)N1C(=O)N(C)CC1CCCO1. The lowest BCUT2D eigenvalue weighted by Gasteiger charge is -2.32. The van der Waals surface area contributed by atoms with Crippen LogP contribution in [0.5, 0.6) is 0 Å². The minimum atomic E-state index is -0.917. The second-order valence-corrected chi connectivity index (χ2v) is 6.85. The monoisotopic (exact) mass is 316 g/mol. The molecule has 6 nitrogen and oxygen atoms in total. The molecule has 2 aliphatic rings. The number of carboxylic acid groups (broad SMARTS) is 1. The van der Waals surface area contributed by atoms with E-state index in [0.717, 1.165) is 32.3 Å². The summed E-state index contributed by atoms with van der Waals surface area (Å²) in [6.45, 7) is 3.33. The van der Waals surface area contributed by atoms with E-state index in [0.29, 0.717) is 12.3 Å². The summed E-state index contributed by atoms with van der Waals surface area (Å²) >= 11 is 1.57. The van der Waals surface area contributed by atoms with E-state index in [9.17, 15) is 14.7 Å². The van der Waals surface area contributed by atoms with Gasteiger partial charge in [0.25, 0.3) is 0 Å². The van der Waals surface area contributed by atoms with Crippen LogP contribution in [0.4, 0.5) is 4.79 Å². The number of likely N-dealkylation sites (N-methyl/N-ethyl adjacent to an activating group) is 1. The standard InChI is InChI=1S/C14H24N2O4S/c1-3-5-12-16(11(9-21-12)13(17)18)14(19)15(2)8-10-6-4-7-20-10/h10-12H,3-9H2,1-2H3,(H,17,18). The Balaban J connectivity index is 2.02. The molecule has 1 N–H and O–H groups in total. The molecule has 0 aromatic rings. The number of ether oxygens (including phenoxy) is 1. The number of carboxylic acids is 1. The largest absolute Gasteiger partial charge is 0.480 e. The zero-order chi connectivity index (χ0) is 15.4. The first-order valence-electron chi connectivity index (χ1n) is 7.54. The number of hydrogen-bond donors (Lipinski definition) is 1. The maximum atomic E-state index is 12.7. The van der Waals surface area contributed by atoms with Crippen LogP contribution in [0.3, 0.4) is 0 Å². The molecule has 7 heteroatoms. The second kappa shape index (κ2) is 7.35. The van der Waals surface area contributed by atoms with Crippen LogP contribution >= 0.6 is 11.8 Å². The van der Waals surface area contributed by atoms with Gasteiger partial charge in [0.1, 0.15) is 6.04 Å². The van der Waals surface area contributed by atoms with Crippen molar-refractivity contribution in [1.82, 2.24) is 9.80 Å². The molecule has 120 valence electrons. The third-order valence-corrected chi connectivity index (χ3v) is 5.32. The Morgan fingerprint density at radius 3 is 2.81 bits per heavy atom. The molecule has 3 atom stereocenters. The molecule has 2 rings (SSSR count). The van der Waals surface area contributed by atoms with Gasteiger partial charge in [-0.3, -0.25) is 4.90 Å². The van der Waals surface area contributed by atoms with Crippen molar-refractivity contribution < 1.29 is 19.4 Å². The van der Waals surface area contributed by atoms with Crippen LogP contribution < -0.4 is 0 Å². The highest BCUT2D eigenvalue weighted by Crippen LogP contribution is 2.33. The Labute approximate surface area is 129 Å². The predicted octanol–water partition coefficient (Wildman–Crippen LogP) is 1.85. The molecule has 2 fully saturated rings. The quantitative estimate of drug-likeness (QED) is 0.838. The first-order valence-corrected chi connectivity index (χ1v) is 8.59. The molecule has 0 saturated carbocycles. The van der Waals surface area contributed by atoms with Crippen LogP contribution in [0.25, 0.3) is 0 Å². The zero-order valence-electron chi connectivity index (χ0n) is 12.7. The molecule has 0 radical (unpaired) electrons. The normalized spacial score (nSPS) is 28.9. The first kappa shape index (κ1) is 16.4. The molecule has 0 aliphatic carbocycles. The lowest BCUT2D eigenvalue weighted by molar-refractivity contribution is -0.141. The number of carbonyl (C=O) groups is 2. The fourth-order valence-electron chi connectivity index (χ4n) is 2.85. The Morgan fingerprint density at radius 1 is 1.48 bits per heavy atom. The number of nitrogens with zero attached hydrogens (tertiary/aromatic N) is 2. The van der Waals surface area contributed by atoms with Crippen molar-refractivity contribution in [3.63, 3.8) is 0 Å². The highest BCUT2D eigenvalue weighted by Gasteiger charge is 2.42. The first-order chi connectivity index (χ1) is 10.0. The smallest absolute Gasteiger partial charge is 0.327 e. The van der Waals surface area contributed by atoms with Gasteiger partial charge in [0.15, 0.2) is 0 Å². The highest BCUT2D eigenvalue weighted by molar-refractivity contribution is 8.00. The van der Waals surface area contributed by atoms with Gasteiger partial charge in [-0.2, -0.15) is 0 Å². The number of aliphatic carboxylic acids is 1. The van der Waals surface area contributed by atoms with E-state index in [2.05, 4.69) is 0 Å². The van der Waals surface area contributed by atoms with Gasteiger partial charge < -0.3 is 14.7 Å². The summed E-state index contributed by atoms with van der Waals surface area (Å²) in [6.07, 6.45) is 3.84. The van der Waals surface area contributed by atoms with Crippen molar-refractivity contribution in [2.24, 2.45) is 0 Å². The number of hydrogen-bond acceptors (Lipinski definition) is 4. The van der Waals surface area contributed by atoms with Crippen LogP contribution in [-0.2, 0) is 9.53 Å². The Hall–Kier alpha value is -0.950. The van der Waals surface area contributed by atoms with Crippen molar-refractivity contribution in [3.8, 4) is 0 Å². The Morgan fingerprint density at radius 2 is 2.24 bits per heavy atom. The topological polar surface area (TPSA) is 70.1 Å². The van der Waals surface area contributed by atoms with Gasteiger partial charge in [-0.15, -0.1) is 11.8 Å². The Bertz CT molecular complexity index is 387. The van der Waals surface area contributed by atoms with Crippen molar-refractivity contribution in [3.05, 3.63) is 0 Å². The summed E-state index contributed by atoms with van der Waals surface area (Å²) < 4.78 is 5.55. The van der Waals surface area contributed by atoms with Crippen molar-refractivity contribution in [2.45, 2.75) is 50.1 Å². The van der Waals surface area contributed by atoms with E-state index < -0.39 is 12.0 Å². The van der Waals surface area contributed by atoms with Crippen molar-refractivity contribution in [2.75, 3.05) is 26.0 Å². The van der Waals surface area contributed by atoms with E-state index in [1.807, 2.05) is 6.92 Å². The molecule has 2 heterocycles. The fraction of sp³-hybridized carbons (Fsp3) is 0.857. The molecule has 0 spiro atoms. The van der Waals surface area contributed by atoms with Gasteiger partial charge in [0.2, 0.25) is 0 Å². The van der Waals surface area contributed by atoms with E-state index >= 15 is 0 Å². The molecule has 2 aliphatic heterocycles. The molecule has 2 amide bonds. The van der Waals surface area contributed by atoms with Crippen molar-refractivity contribution in [1.29, 1.82) is 0 Å². The number of amides is 2. The van der Waals surface area contributed by atoms with E-state index in [4.69, 9.17) is 4.74 Å². The molecule has 0 aromatic carbocycles. The predicted molar refractivity (Wildman–Crippen MR) is 81.4 cm³/mol. The maximum absolute atomic E-state index is 12.7. The number of carbonyl (C=O) groups excluding carboxylic acids is 1. The molecule has 0 bridgehead atoms. The van der Waals surface area contributed by atoms with Crippen LogP contribution in [-0.4, -0.2) is 70.4 Å². The number of rotatable bonds is 5. The maximum Gasteiger partial charge on any atom is 0.327 e.